The van der Waals surface area contributed by atoms with Crippen LogP contribution >= 0.6 is 0 Å². The van der Waals surface area contributed by atoms with Gasteiger partial charge in [-0.05, 0) is 37.0 Å². The molecular formula is C17H22N2O3. The van der Waals surface area contributed by atoms with Gasteiger partial charge in [-0.2, -0.15) is 0 Å². The van der Waals surface area contributed by atoms with E-state index < -0.39 is 0 Å². The molecule has 0 radical (unpaired) electrons. The lowest BCUT2D eigenvalue weighted by molar-refractivity contribution is -0.133. The van der Waals surface area contributed by atoms with Crippen molar-refractivity contribution in [1.29, 1.82) is 0 Å². The fraction of sp³-hybridized carbons (Fsp3) is 0.588. The number of amides is 1. The molecule has 1 aromatic carbocycles. The number of hydrogen-bond donors (Lipinski definition) is 1. The lowest BCUT2D eigenvalue weighted by Gasteiger charge is -2.32. The normalized spacial score (nSPS) is 30.0. The van der Waals surface area contributed by atoms with Crippen molar-refractivity contribution in [2.75, 3.05) is 32.8 Å². The topological polar surface area (TPSA) is 50.8 Å². The molecule has 1 amide bonds. The molecule has 1 aromatic rings. The molecule has 1 saturated carbocycles. The molecular weight excluding hydrogens is 280 g/mol. The molecule has 0 aromatic heterocycles. The molecule has 1 saturated heterocycles. The Kier molecular flexibility index (Phi) is 3.45. The minimum Gasteiger partial charge on any atom is -0.486 e. The summed E-state index contributed by atoms with van der Waals surface area (Å²) in [4.78, 5) is 14.6. The molecule has 2 aliphatic heterocycles. The van der Waals surface area contributed by atoms with Crippen LogP contribution in [-0.2, 0) is 4.79 Å². The highest BCUT2D eigenvalue weighted by Crippen LogP contribution is 2.50. The van der Waals surface area contributed by atoms with E-state index in [4.69, 9.17) is 9.47 Å². The van der Waals surface area contributed by atoms with Gasteiger partial charge in [-0.15, -0.1) is 0 Å². The Morgan fingerprint density at radius 2 is 2.09 bits per heavy atom. The first-order valence-corrected chi connectivity index (χ1v) is 8.14. The molecule has 5 nitrogen and oxygen atoms in total. The largest absolute Gasteiger partial charge is 0.486 e. The SMILES string of the molecule is CC1CN(C(=O)C2CC2c2ccc3c(c2)OCCO3)CCN1. The highest BCUT2D eigenvalue weighted by molar-refractivity contribution is 5.83. The number of nitrogens with zero attached hydrogens (tertiary/aromatic N) is 1. The molecule has 2 heterocycles. The first-order chi connectivity index (χ1) is 10.7. The van der Waals surface area contributed by atoms with Crippen LogP contribution in [0, 0.1) is 5.92 Å². The first kappa shape index (κ1) is 13.9. The van der Waals surface area contributed by atoms with Gasteiger partial charge in [0, 0.05) is 31.6 Å². The number of carbonyl (C=O) groups excluding carboxylic acids is 1. The smallest absolute Gasteiger partial charge is 0.226 e. The van der Waals surface area contributed by atoms with Gasteiger partial charge in [0.25, 0.3) is 0 Å². The fourth-order valence-electron chi connectivity index (χ4n) is 3.49. The summed E-state index contributed by atoms with van der Waals surface area (Å²) in [5, 5.41) is 3.38. The van der Waals surface area contributed by atoms with Crippen molar-refractivity contribution in [3.05, 3.63) is 23.8 Å². The zero-order chi connectivity index (χ0) is 15.1. The van der Waals surface area contributed by atoms with Gasteiger partial charge < -0.3 is 19.7 Å². The minimum absolute atomic E-state index is 0.146. The summed E-state index contributed by atoms with van der Waals surface area (Å²) in [5.74, 6) is 2.43. The summed E-state index contributed by atoms with van der Waals surface area (Å²) >= 11 is 0. The molecule has 4 rings (SSSR count). The monoisotopic (exact) mass is 302 g/mol. The number of benzene rings is 1. The number of piperazine rings is 1. The first-order valence-electron chi connectivity index (χ1n) is 8.14. The maximum Gasteiger partial charge on any atom is 0.226 e. The molecule has 1 aliphatic carbocycles. The highest BCUT2D eigenvalue weighted by atomic mass is 16.6. The molecule has 5 heteroatoms. The van der Waals surface area contributed by atoms with Gasteiger partial charge in [0.05, 0.1) is 0 Å². The van der Waals surface area contributed by atoms with Crippen LogP contribution < -0.4 is 14.8 Å². The van der Waals surface area contributed by atoms with E-state index in [1.165, 1.54) is 5.56 Å². The Morgan fingerprint density at radius 1 is 1.27 bits per heavy atom. The molecule has 0 spiro atoms. The Hall–Kier alpha value is -1.75. The highest BCUT2D eigenvalue weighted by Gasteiger charge is 2.46. The molecule has 2 fully saturated rings. The predicted molar refractivity (Wildman–Crippen MR) is 82.3 cm³/mol. The van der Waals surface area contributed by atoms with Crippen molar-refractivity contribution in [2.45, 2.75) is 25.3 Å². The van der Waals surface area contributed by atoms with Crippen molar-refractivity contribution in [3.8, 4) is 11.5 Å². The maximum absolute atomic E-state index is 12.6. The van der Waals surface area contributed by atoms with Crippen LogP contribution in [0.15, 0.2) is 18.2 Å². The quantitative estimate of drug-likeness (QED) is 0.897. The van der Waals surface area contributed by atoms with E-state index in [1.54, 1.807) is 0 Å². The third kappa shape index (κ3) is 2.54. The molecule has 3 atom stereocenters. The van der Waals surface area contributed by atoms with Crippen molar-refractivity contribution >= 4 is 5.91 Å². The van der Waals surface area contributed by atoms with Crippen LogP contribution in [0.1, 0.15) is 24.8 Å². The van der Waals surface area contributed by atoms with Crippen molar-refractivity contribution in [2.24, 2.45) is 5.92 Å². The van der Waals surface area contributed by atoms with E-state index in [0.29, 0.717) is 31.1 Å². The molecule has 118 valence electrons. The summed E-state index contributed by atoms with van der Waals surface area (Å²) in [6.07, 6.45) is 0.955. The Bertz CT molecular complexity index is 589. The second-order valence-electron chi connectivity index (χ2n) is 6.49. The molecule has 0 bridgehead atoms. The number of rotatable bonds is 2. The van der Waals surface area contributed by atoms with Crippen molar-refractivity contribution in [1.82, 2.24) is 10.2 Å². The van der Waals surface area contributed by atoms with E-state index >= 15 is 0 Å². The maximum atomic E-state index is 12.6. The molecule has 3 aliphatic rings. The van der Waals surface area contributed by atoms with Gasteiger partial charge in [0.1, 0.15) is 13.2 Å². The average Bonchev–Trinajstić information content (AvgIpc) is 3.34. The second-order valence-corrected chi connectivity index (χ2v) is 6.49. The van der Waals surface area contributed by atoms with E-state index in [1.807, 2.05) is 17.0 Å². The Balaban J connectivity index is 1.44. The number of hydrogen-bond acceptors (Lipinski definition) is 4. The summed E-state index contributed by atoms with van der Waals surface area (Å²) in [7, 11) is 0. The second kappa shape index (κ2) is 5.47. The van der Waals surface area contributed by atoms with Crippen molar-refractivity contribution in [3.63, 3.8) is 0 Å². The lowest BCUT2D eigenvalue weighted by atomic mass is 10.1. The minimum atomic E-state index is 0.146. The Labute approximate surface area is 130 Å². The summed E-state index contributed by atoms with van der Waals surface area (Å²) in [6, 6.07) is 6.49. The van der Waals surface area contributed by atoms with Crippen LogP contribution in [-0.4, -0.2) is 49.7 Å². The van der Waals surface area contributed by atoms with Gasteiger partial charge in [-0.3, -0.25) is 4.79 Å². The molecule has 1 N–H and O–H groups in total. The zero-order valence-corrected chi connectivity index (χ0v) is 12.9. The third-order valence-electron chi connectivity index (χ3n) is 4.78. The number of ether oxygens (including phenoxy) is 2. The van der Waals surface area contributed by atoms with Crippen LogP contribution in [0.3, 0.4) is 0 Å². The van der Waals surface area contributed by atoms with E-state index in [-0.39, 0.29) is 5.92 Å². The van der Waals surface area contributed by atoms with Crippen LogP contribution in [0.5, 0.6) is 11.5 Å². The molecule has 3 unspecified atom stereocenters. The molecule has 22 heavy (non-hydrogen) atoms. The van der Waals surface area contributed by atoms with E-state index in [0.717, 1.165) is 37.6 Å². The third-order valence-corrected chi connectivity index (χ3v) is 4.78. The summed E-state index contributed by atoms with van der Waals surface area (Å²) < 4.78 is 11.2. The predicted octanol–water partition coefficient (Wildman–Crippen LogP) is 1.38. The van der Waals surface area contributed by atoms with Gasteiger partial charge in [-0.25, -0.2) is 0 Å². The van der Waals surface area contributed by atoms with Crippen molar-refractivity contribution < 1.29 is 14.3 Å². The van der Waals surface area contributed by atoms with Gasteiger partial charge in [-0.1, -0.05) is 6.07 Å². The standard InChI is InChI=1S/C17H22N2O3/c1-11-10-19(5-4-18-11)17(20)14-9-13(14)12-2-3-15-16(8-12)22-7-6-21-15/h2-3,8,11,13-14,18H,4-7,9-10H2,1H3. The summed E-state index contributed by atoms with van der Waals surface area (Å²) in [6.45, 7) is 5.88. The van der Waals surface area contributed by atoms with Crippen LogP contribution in [0.2, 0.25) is 0 Å². The average molecular weight is 302 g/mol. The van der Waals surface area contributed by atoms with Gasteiger partial charge in [0.15, 0.2) is 11.5 Å². The number of nitrogens with one attached hydrogen (secondary N) is 1. The fourth-order valence-corrected chi connectivity index (χ4v) is 3.49. The Morgan fingerprint density at radius 3 is 2.91 bits per heavy atom. The van der Waals surface area contributed by atoms with Gasteiger partial charge >= 0.3 is 0 Å². The number of carbonyl (C=O) groups is 1. The lowest BCUT2D eigenvalue weighted by Crippen LogP contribution is -2.51. The van der Waals surface area contributed by atoms with E-state index in [2.05, 4.69) is 18.3 Å². The number of fused-ring (bicyclic) bond motifs is 1. The van der Waals surface area contributed by atoms with E-state index in [9.17, 15) is 4.79 Å². The van der Waals surface area contributed by atoms with Gasteiger partial charge in [0.2, 0.25) is 5.91 Å². The zero-order valence-electron chi connectivity index (χ0n) is 12.9. The van der Waals surface area contributed by atoms with Crippen LogP contribution in [0.4, 0.5) is 0 Å². The van der Waals surface area contributed by atoms with Crippen LogP contribution in [0.25, 0.3) is 0 Å². The summed E-state index contributed by atoms with van der Waals surface area (Å²) in [5.41, 5.74) is 1.20.